The summed E-state index contributed by atoms with van der Waals surface area (Å²) in [5.74, 6) is -0.472. The van der Waals surface area contributed by atoms with Gasteiger partial charge in [0.2, 0.25) is 10.0 Å². The van der Waals surface area contributed by atoms with Gasteiger partial charge in [0.05, 0.1) is 0 Å². The highest BCUT2D eigenvalue weighted by molar-refractivity contribution is 7.89. The molecule has 0 aliphatic rings. The lowest BCUT2D eigenvalue weighted by molar-refractivity contribution is 0.102. The summed E-state index contributed by atoms with van der Waals surface area (Å²) in [6.07, 6.45) is 0. The van der Waals surface area contributed by atoms with Crippen molar-refractivity contribution >= 4 is 15.8 Å². The lowest BCUT2D eigenvalue weighted by Crippen LogP contribution is -2.29. The molecule has 18 heavy (non-hydrogen) atoms. The molecule has 0 N–H and O–H groups in total. The van der Waals surface area contributed by atoms with E-state index in [1.54, 1.807) is 12.1 Å². The molecule has 0 atom stereocenters. The molecular formula is C13H19NO3S. The summed E-state index contributed by atoms with van der Waals surface area (Å²) in [5, 5.41) is 0. The number of Topliss-reactive ketones (excluding diaryl/α,β-unsaturated/α-hetero) is 1. The Morgan fingerprint density at radius 3 is 2.06 bits per heavy atom. The molecule has 5 heteroatoms. The quantitative estimate of drug-likeness (QED) is 0.767. The van der Waals surface area contributed by atoms with Gasteiger partial charge in [-0.15, -0.1) is 0 Å². The van der Waals surface area contributed by atoms with E-state index < -0.39 is 15.8 Å². The number of ketones is 1. The molecule has 0 fully saturated rings. The summed E-state index contributed by atoms with van der Waals surface area (Å²) in [7, 11) is -0.646. The molecule has 0 heterocycles. The molecule has 0 aromatic heterocycles. The number of hydrogen-bond acceptors (Lipinski definition) is 3. The van der Waals surface area contributed by atoms with Crippen LogP contribution in [0.15, 0.2) is 24.3 Å². The van der Waals surface area contributed by atoms with E-state index >= 15 is 0 Å². The Kier molecular flexibility index (Phi) is 4.65. The van der Waals surface area contributed by atoms with Crippen molar-refractivity contribution in [2.24, 2.45) is 0 Å². The van der Waals surface area contributed by atoms with Crippen LogP contribution in [0.4, 0.5) is 0 Å². The van der Waals surface area contributed by atoms with Crippen molar-refractivity contribution in [3.8, 4) is 0 Å². The minimum atomic E-state index is -3.49. The number of carbonyl (C=O) groups excluding carboxylic acids is 1. The van der Waals surface area contributed by atoms with Gasteiger partial charge < -0.3 is 0 Å². The minimum absolute atomic E-state index is 0.376. The van der Waals surface area contributed by atoms with Gasteiger partial charge in [0.1, 0.15) is 5.75 Å². The van der Waals surface area contributed by atoms with Gasteiger partial charge in [-0.25, -0.2) is 12.7 Å². The van der Waals surface area contributed by atoms with Gasteiger partial charge in [0.25, 0.3) is 0 Å². The normalized spacial score (nSPS) is 12.1. The minimum Gasteiger partial charge on any atom is -0.293 e. The number of nitrogens with zero attached hydrogens (tertiary/aromatic N) is 1. The summed E-state index contributed by atoms with van der Waals surface area (Å²) in [4.78, 5) is 11.8. The molecule has 0 aliphatic carbocycles. The van der Waals surface area contributed by atoms with Gasteiger partial charge in [-0.05, 0) is 11.5 Å². The monoisotopic (exact) mass is 269 g/mol. The van der Waals surface area contributed by atoms with Crippen LogP contribution in [-0.2, 0) is 10.0 Å². The van der Waals surface area contributed by atoms with Crippen molar-refractivity contribution in [1.29, 1.82) is 0 Å². The predicted octanol–water partition coefficient (Wildman–Crippen LogP) is 1.88. The van der Waals surface area contributed by atoms with E-state index in [1.165, 1.54) is 14.1 Å². The Morgan fingerprint density at radius 1 is 1.17 bits per heavy atom. The fourth-order valence-corrected chi connectivity index (χ4v) is 2.19. The number of hydrogen-bond donors (Lipinski definition) is 0. The first-order valence-electron chi connectivity index (χ1n) is 5.77. The number of rotatable bonds is 5. The summed E-state index contributed by atoms with van der Waals surface area (Å²) < 4.78 is 24.3. The van der Waals surface area contributed by atoms with Gasteiger partial charge in [0.15, 0.2) is 5.78 Å². The highest BCUT2D eigenvalue weighted by Crippen LogP contribution is 2.15. The first-order valence-corrected chi connectivity index (χ1v) is 7.38. The van der Waals surface area contributed by atoms with Crippen molar-refractivity contribution in [2.45, 2.75) is 19.8 Å². The van der Waals surface area contributed by atoms with Crippen LogP contribution in [0.1, 0.15) is 35.7 Å². The summed E-state index contributed by atoms with van der Waals surface area (Å²) in [6.45, 7) is 4.13. The van der Waals surface area contributed by atoms with Crippen molar-refractivity contribution in [1.82, 2.24) is 4.31 Å². The SMILES string of the molecule is CC(C)c1ccc(C(=O)CS(=O)(=O)N(C)C)cc1. The van der Waals surface area contributed by atoms with Crippen LogP contribution in [0.3, 0.4) is 0 Å². The van der Waals surface area contributed by atoms with Crippen LogP contribution >= 0.6 is 0 Å². The van der Waals surface area contributed by atoms with Gasteiger partial charge in [0, 0.05) is 19.7 Å². The van der Waals surface area contributed by atoms with E-state index in [-0.39, 0.29) is 5.78 Å². The zero-order valence-corrected chi connectivity index (χ0v) is 12.0. The molecular weight excluding hydrogens is 250 g/mol. The molecule has 0 saturated heterocycles. The third kappa shape index (κ3) is 3.65. The molecule has 1 aromatic rings. The van der Waals surface area contributed by atoms with E-state index in [9.17, 15) is 13.2 Å². The first kappa shape index (κ1) is 14.9. The largest absolute Gasteiger partial charge is 0.293 e. The smallest absolute Gasteiger partial charge is 0.221 e. The Bertz CT molecular complexity index is 516. The van der Waals surface area contributed by atoms with Gasteiger partial charge in [-0.3, -0.25) is 4.79 Å². The van der Waals surface area contributed by atoms with Crippen molar-refractivity contribution < 1.29 is 13.2 Å². The third-order valence-electron chi connectivity index (χ3n) is 2.77. The van der Waals surface area contributed by atoms with Crippen LogP contribution in [-0.4, -0.2) is 38.4 Å². The van der Waals surface area contributed by atoms with Crippen molar-refractivity contribution in [3.05, 3.63) is 35.4 Å². The molecule has 1 aromatic carbocycles. The first-order chi connectivity index (χ1) is 8.24. The van der Waals surface area contributed by atoms with Crippen LogP contribution in [0.2, 0.25) is 0 Å². The predicted molar refractivity (Wildman–Crippen MR) is 72.3 cm³/mol. The summed E-state index contributed by atoms with van der Waals surface area (Å²) in [5.41, 5.74) is 1.56. The van der Waals surface area contributed by atoms with Gasteiger partial charge in [-0.2, -0.15) is 0 Å². The van der Waals surface area contributed by atoms with Gasteiger partial charge in [-0.1, -0.05) is 38.1 Å². The highest BCUT2D eigenvalue weighted by Gasteiger charge is 2.20. The zero-order valence-electron chi connectivity index (χ0n) is 11.2. The fraction of sp³-hybridized carbons (Fsp3) is 0.462. The maximum atomic E-state index is 11.8. The van der Waals surface area contributed by atoms with E-state index in [2.05, 4.69) is 13.8 Å². The summed E-state index contributed by atoms with van der Waals surface area (Å²) in [6, 6.07) is 7.09. The Hall–Kier alpha value is -1.20. The second-order valence-electron chi connectivity index (χ2n) is 4.74. The second kappa shape index (κ2) is 5.63. The van der Waals surface area contributed by atoms with Crippen LogP contribution in [0.25, 0.3) is 0 Å². The summed E-state index contributed by atoms with van der Waals surface area (Å²) >= 11 is 0. The lowest BCUT2D eigenvalue weighted by Gasteiger charge is -2.11. The van der Waals surface area contributed by atoms with Gasteiger partial charge >= 0.3 is 0 Å². The van der Waals surface area contributed by atoms with Crippen LogP contribution < -0.4 is 0 Å². The van der Waals surface area contributed by atoms with Crippen LogP contribution in [0, 0.1) is 0 Å². The Morgan fingerprint density at radius 2 is 1.67 bits per heavy atom. The second-order valence-corrected chi connectivity index (χ2v) is 6.92. The molecule has 0 bridgehead atoms. The Labute approximate surface area is 109 Å². The average Bonchev–Trinajstić information content (AvgIpc) is 2.28. The van der Waals surface area contributed by atoms with Crippen molar-refractivity contribution in [2.75, 3.05) is 19.8 Å². The average molecular weight is 269 g/mol. The highest BCUT2D eigenvalue weighted by atomic mass is 32.2. The molecule has 0 spiro atoms. The van der Waals surface area contributed by atoms with E-state index in [4.69, 9.17) is 0 Å². The van der Waals surface area contributed by atoms with Crippen LogP contribution in [0.5, 0.6) is 0 Å². The molecule has 0 unspecified atom stereocenters. The molecule has 0 saturated carbocycles. The topological polar surface area (TPSA) is 54.5 Å². The molecule has 0 amide bonds. The molecule has 4 nitrogen and oxygen atoms in total. The zero-order chi connectivity index (χ0) is 13.9. The molecule has 1 rings (SSSR count). The third-order valence-corrected chi connectivity index (χ3v) is 4.51. The maximum absolute atomic E-state index is 11.8. The van der Waals surface area contributed by atoms with E-state index in [1.807, 2.05) is 12.1 Å². The molecule has 0 radical (unpaired) electrons. The van der Waals surface area contributed by atoms with Crippen molar-refractivity contribution in [3.63, 3.8) is 0 Å². The van der Waals surface area contributed by atoms with E-state index in [0.29, 0.717) is 11.5 Å². The van der Waals surface area contributed by atoms with E-state index in [0.717, 1.165) is 9.87 Å². The lowest BCUT2D eigenvalue weighted by atomic mass is 10.0. The fourth-order valence-electron chi connectivity index (χ4n) is 1.43. The number of benzene rings is 1. The Balaban J connectivity index is 2.86. The standard InChI is InChI=1S/C13H19NO3S/c1-10(2)11-5-7-12(8-6-11)13(15)9-18(16,17)14(3)4/h5-8,10H,9H2,1-4H3. The molecule has 100 valence electrons. The molecule has 0 aliphatic heterocycles. The maximum Gasteiger partial charge on any atom is 0.221 e. The number of sulfonamides is 1. The number of carbonyl (C=O) groups is 1.